The van der Waals surface area contributed by atoms with Crippen molar-refractivity contribution in [3.05, 3.63) is 43.0 Å². The molecule has 1 saturated heterocycles. The van der Waals surface area contributed by atoms with Crippen molar-refractivity contribution in [2.45, 2.75) is 31.7 Å². The Hall–Kier alpha value is -2.08. The van der Waals surface area contributed by atoms with Crippen molar-refractivity contribution in [1.82, 2.24) is 9.55 Å². The van der Waals surface area contributed by atoms with Crippen molar-refractivity contribution in [3.8, 4) is 0 Å². The SMILES string of the molecule is Cc1cn([C@H]2CC(N=[N+]=[N-])[C@@H](COP(=O)(O)C(=O)P(=O)(O)O)O2)c(=O)[nH]c1=O. The van der Waals surface area contributed by atoms with Crippen LogP contribution in [0.15, 0.2) is 20.9 Å². The monoisotopic (exact) mass is 439 g/mol. The minimum absolute atomic E-state index is 0.0777. The fourth-order valence-corrected chi connectivity index (χ4v) is 4.37. The van der Waals surface area contributed by atoms with E-state index in [2.05, 4.69) is 19.5 Å². The fourth-order valence-electron chi connectivity index (χ4n) is 2.42. The van der Waals surface area contributed by atoms with E-state index in [0.717, 1.165) is 4.57 Å². The number of rotatable bonds is 7. The number of aromatic amines is 1. The zero-order chi connectivity index (χ0) is 21.3. The van der Waals surface area contributed by atoms with E-state index in [1.54, 1.807) is 0 Å². The van der Waals surface area contributed by atoms with Crippen LogP contribution in [0.3, 0.4) is 0 Å². The second-order valence-corrected chi connectivity index (χ2v) is 9.31. The normalized spacial score (nSPS) is 24.4. The lowest BCUT2D eigenvalue weighted by Gasteiger charge is -2.18. The van der Waals surface area contributed by atoms with Crippen molar-refractivity contribution in [2.75, 3.05) is 6.61 Å². The molecule has 1 aromatic heterocycles. The topological polar surface area (TPSA) is 234 Å². The highest BCUT2D eigenvalue weighted by Crippen LogP contribution is 2.58. The standard InChI is InChI=1S/C11H15N5O10P2/c1-5-3-16(10(18)13-9(5)17)8-2-6(14-15-12)7(26-8)4-25-28(23,24)11(19)27(20,21)22/h3,6-8H,2,4H2,1H3,(H,23,24)(H,13,17,18)(H2,20,21,22)/t6?,7-,8-/m1/s1. The Kier molecular flexibility index (Phi) is 6.44. The number of carbonyl (C=O) groups is 1. The molecule has 2 rings (SSSR count). The van der Waals surface area contributed by atoms with E-state index in [1.807, 2.05) is 0 Å². The van der Waals surface area contributed by atoms with Gasteiger partial charge in [0.2, 0.25) is 0 Å². The Morgan fingerprint density at radius 3 is 2.68 bits per heavy atom. The summed E-state index contributed by atoms with van der Waals surface area (Å²) in [5.74, 6) is 0. The number of nitrogens with zero attached hydrogens (tertiary/aromatic N) is 4. The van der Waals surface area contributed by atoms with Gasteiger partial charge < -0.3 is 23.9 Å². The summed E-state index contributed by atoms with van der Waals surface area (Å²) in [5, 5.41) is 1.13. The van der Waals surface area contributed by atoms with Gasteiger partial charge in [-0.25, -0.2) is 4.79 Å². The highest BCUT2D eigenvalue weighted by Gasteiger charge is 2.46. The molecule has 1 fully saturated rings. The molecule has 1 aliphatic heterocycles. The molecular weight excluding hydrogens is 424 g/mol. The van der Waals surface area contributed by atoms with E-state index in [-0.39, 0.29) is 12.0 Å². The highest BCUT2D eigenvalue weighted by molar-refractivity contribution is 7.97. The van der Waals surface area contributed by atoms with Crippen LogP contribution in [-0.2, 0) is 18.4 Å². The molecule has 1 aliphatic rings. The second-order valence-electron chi connectivity index (χ2n) is 5.76. The lowest BCUT2D eigenvalue weighted by atomic mass is 10.1. The average Bonchev–Trinajstić information content (AvgIpc) is 2.98. The number of hydrogen-bond donors (Lipinski definition) is 4. The maximum absolute atomic E-state index is 11.9. The molecular formula is C11H15N5O10P2. The number of ether oxygens (including phenoxy) is 1. The van der Waals surface area contributed by atoms with E-state index in [4.69, 9.17) is 20.1 Å². The van der Waals surface area contributed by atoms with Gasteiger partial charge in [0, 0.05) is 23.1 Å². The van der Waals surface area contributed by atoms with Crippen LogP contribution < -0.4 is 11.2 Å². The van der Waals surface area contributed by atoms with Gasteiger partial charge in [0.05, 0.1) is 18.8 Å². The first-order valence-corrected chi connectivity index (χ1v) is 10.7. The molecule has 15 nitrogen and oxygen atoms in total. The molecule has 0 spiro atoms. The Morgan fingerprint density at radius 1 is 1.46 bits per heavy atom. The van der Waals surface area contributed by atoms with Gasteiger partial charge in [-0.15, -0.1) is 0 Å². The van der Waals surface area contributed by atoms with Gasteiger partial charge in [0.25, 0.3) is 5.56 Å². The first kappa shape index (κ1) is 22.2. The number of aromatic nitrogens is 2. The summed E-state index contributed by atoms with van der Waals surface area (Å²) in [6.45, 7) is 0.599. The molecule has 0 saturated carbocycles. The van der Waals surface area contributed by atoms with Crippen LogP contribution in [0, 0.1) is 6.92 Å². The van der Waals surface area contributed by atoms with Gasteiger partial charge >= 0.3 is 26.1 Å². The minimum atomic E-state index is -5.52. The molecule has 17 heteroatoms. The van der Waals surface area contributed by atoms with Crippen molar-refractivity contribution in [1.29, 1.82) is 0 Å². The van der Waals surface area contributed by atoms with Crippen molar-refractivity contribution in [2.24, 2.45) is 5.11 Å². The third-order valence-electron chi connectivity index (χ3n) is 3.76. The Bertz CT molecular complexity index is 1040. The van der Waals surface area contributed by atoms with E-state index in [1.165, 1.54) is 13.1 Å². The predicted octanol–water partition coefficient (Wildman–Crippen LogP) is 0.311. The first-order chi connectivity index (χ1) is 12.9. The zero-order valence-corrected chi connectivity index (χ0v) is 15.9. The van der Waals surface area contributed by atoms with Gasteiger partial charge in [-0.05, 0) is 12.5 Å². The molecule has 0 radical (unpaired) electrons. The van der Waals surface area contributed by atoms with Crippen molar-refractivity contribution in [3.63, 3.8) is 0 Å². The molecule has 0 aromatic carbocycles. The average molecular weight is 439 g/mol. The largest absolute Gasteiger partial charge is 0.407 e. The molecule has 0 amide bonds. The van der Waals surface area contributed by atoms with Gasteiger partial charge in [0.15, 0.2) is 0 Å². The molecule has 4 atom stereocenters. The summed E-state index contributed by atoms with van der Waals surface area (Å²) >= 11 is 0. The lowest BCUT2D eigenvalue weighted by Crippen LogP contribution is -2.33. The molecule has 0 bridgehead atoms. The van der Waals surface area contributed by atoms with Crippen LogP contribution in [0.2, 0.25) is 0 Å². The minimum Gasteiger partial charge on any atom is -0.352 e. The number of aryl methyl sites for hydroxylation is 1. The third-order valence-corrected chi connectivity index (χ3v) is 6.79. The molecule has 0 aliphatic carbocycles. The van der Waals surface area contributed by atoms with Crippen LogP contribution in [0.25, 0.3) is 10.4 Å². The summed E-state index contributed by atoms with van der Waals surface area (Å²) in [7, 11) is -10.9. The van der Waals surface area contributed by atoms with Crippen molar-refractivity contribution < 1.29 is 37.9 Å². The summed E-state index contributed by atoms with van der Waals surface area (Å²) in [4.78, 5) is 66.2. The summed E-state index contributed by atoms with van der Waals surface area (Å²) in [6, 6.07) is -1.00. The maximum atomic E-state index is 11.9. The van der Waals surface area contributed by atoms with Crippen LogP contribution >= 0.6 is 15.2 Å². The fraction of sp³-hybridized carbons (Fsp3) is 0.545. The Morgan fingerprint density at radius 2 is 2.11 bits per heavy atom. The number of nitrogens with one attached hydrogen (secondary N) is 1. The third kappa shape index (κ3) is 4.85. The van der Waals surface area contributed by atoms with Crippen LogP contribution in [0.1, 0.15) is 18.2 Å². The lowest BCUT2D eigenvalue weighted by molar-refractivity contribution is -0.0235. The van der Waals surface area contributed by atoms with E-state index in [9.17, 15) is 28.4 Å². The van der Waals surface area contributed by atoms with Gasteiger partial charge in [0.1, 0.15) is 6.23 Å². The van der Waals surface area contributed by atoms with E-state index < -0.39 is 56.7 Å². The zero-order valence-electron chi connectivity index (χ0n) is 14.1. The van der Waals surface area contributed by atoms with Gasteiger partial charge in [-0.1, -0.05) is 5.11 Å². The summed E-state index contributed by atoms with van der Waals surface area (Å²) in [6.07, 6.45) is -1.13. The number of carbonyl (C=O) groups excluding carboxylic acids is 1. The smallest absolute Gasteiger partial charge is 0.352 e. The van der Waals surface area contributed by atoms with Crippen LogP contribution in [0.4, 0.5) is 4.79 Å². The highest BCUT2D eigenvalue weighted by atomic mass is 31.2. The molecule has 154 valence electrons. The first-order valence-electron chi connectivity index (χ1n) is 7.46. The van der Waals surface area contributed by atoms with Gasteiger partial charge in [-0.2, -0.15) is 0 Å². The van der Waals surface area contributed by atoms with Gasteiger partial charge in [-0.3, -0.25) is 28.3 Å². The van der Waals surface area contributed by atoms with E-state index in [0.29, 0.717) is 0 Å². The Balaban J connectivity index is 2.22. The molecule has 1 aromatic rings. The quantitative estimate of drug-likeness (QED) is 0.196. The molecule has 2 unspecified atom stereocenters. The number of H-pyrrole nitrogens is 1. The summed E-state index contributed by atoms with van der Waals surface area (Å²) < 4.78 is 33.5. The Labute approximate surface area is 155 Å². The van der Waals surface area contributed by atoms with Crippen LogP contribution in [0.5, 0.6) is 0 Å². The predicted molar refractivity (Wildman–Crippen MR) is 90.7 cm³/mol. The molecule has 2 heterocycles. The van der Waals surface area contributed by atoms with E-state index >= 15 is 0 Å². The maximum Gasteiger partial charge on any atom is 0.407 e. The number of azide groups is 1. The number of hydrogen-bond acceptors (Lipinski definition) is 8. The molecule has 28 heavy (non-hydrogen) atoms. The summed E-state index contributed by atoms with van der Waals surface area (Å²) in [5.41, 5.74) is 7.41. The second kappa shape index (κ2) is 8.11. The molecule has 4 N–H and O–H groups in total. The van der Waals surface area contributed by atoms with Crippen LogP contribution in [-0.4, -0.2) is 48.2 Å². The van der Waals surface area contributed by atoms with Crippen molar-refractivity contribution >= 4 is 20.5 Å².